The molecule has 0 spiro atoms. The first kappa shape index (κ1) is 39.5. The third-order valence-corrected chi connectivity index (χ3v) is 11.6. The summed E-state index contributed by atoms with van der Waals surface area (Å²) >= 11 is 6.12. The first-order valence-corrected chi connectivity index (χ1v) is 19.1. The number of amides is 4. The number of carbonyl (C=O) groups excluding carboxylic acids is 4. The van der Waals surface area contributed by atoms with E-state index in [0.717, 1.165) is 56.1 Å². The average molecular weight is 777 g/mol. The maximum absolute atomic E-state index is 14.1. The van der Waals surface area contributed by atoms with Crippen LogP contribution in [0.1, 0.15) is 62.1 Å². The van der Waals surface area contributed by atoms with Gasteiger partial charge in [-0.05, 0) is 99.7 Å². The van der Waals surface area contributed by atoms with Crippen LogP contribution in [0.2, 0.25) is 5.02 Å². The van der Waals surface area contributed by atoms with Crippen LogP contribution in [0.25, 0.3) is 0 Å². The Labute approximate surface area is 318 Å². The van der Waals surface area contributed by atoms with Gasteiger partial charge in [-0.25, -0.2) is 9.59 Å². The van der Waals surface area contributed by atoms with Gasteiger partial charge in [-0.3, -0.25) is 14.5 Å². The van der Waals surface area contributed by atoms with Crippen molar-refractivity contribution in [1.29, 1.82) is 0 Å². The number of piperidine rings is 3. The van der Waals surface area contributed by atoms with E-state index in [1.165, 1.54) is 11.0 Å². The number of para-hydroxylation sites is 1. The summed E-state index contributed by atoms with van der Waals surface area (Å²) in [6.07, 6.45) is -2.93. The SMILES string of the molecule is CCOC(=O)CN1CCC(C2CCN(C(=O)[C@@H](Cc3cc(Cl)c(N)c(C(F)(F)F)c3)OC(=O)N3CCC(N4Cc5ccccc5NC4=O)CC3)CC2)CC1. The fraction of sp³-hybridized carbons (Fsp3) is 0.579. The maximum Gasteiger partial charge on any atom is 0.418 e. The van der Waals surface area contributed by atoms with Crippen molar-refractivity contribution in [2.24, 2.45) is 11.8 Å². The van der Waals surface area contributed by atoms with Crippen molar-refractivity contribution in [2.75, 3.05) is 63.5 Å². The Morgan fingerprint density at radius 3 is 2.22 bits per heavy atom. The number of carbonyl (C=O) groups is 4. The van der Waals surface area contributed by atoms with Crippen molar-refractivity contribution in [3.05, 3.63) is 58.1 Å². The highest BCUT2D eigenvalue weighted by Crippen LogP contribution is 2.39. The molecule has 0 saturated carbocycles. The normalized spacial score (nSPS) is 19.9. The lowest BCUT2D eigenvalue weighted by atomic mass is 9.78. The van der Waals surface area contributed by atoms with Gasteiger partial charge in [0.25, 0.3) is 5.91 Å². The molecule has 4 heterocycles. The van der Waals surface area contributed by atoms with E-state index in [-0.39, 0.29) is 54.7 Å². The quantitative estimate of drug-likeness (QED) is 0.233. The Hall–Kier alpha value is -4.24. The number of nitrogens with one attached hydrogen (secondary N) is 1. The number of halogens is 4. The minimum absolute atomic E-state index is 0.0623. The highest BCUT2D eigenvalue weighted by Gasteiger charge is 2.39. The molecule has 0 bridgehead atoms. The molecule has 3 saturated heterocycles. The molecule has 0 aromatic heterocycles. The number of likely N-dealkylation sites (tertiary alicyclic amines) is 3. The zero-order chi connectivity index (χ0) is 38.6. The lowest BCUT2D eigenvalue weighted by Crippen LogP contribution is -2.52. The van der Waals surface area contributed by atoms with Gasteiger partial charge >= 0.3 is 24.3 Å². The molecule has 1 atom stereocenters. The number of nitrogens with two attached hydrogens (primary N) is 1. The molecule has 3 fully saturated rings. The number of esters is 1. The zero-order valence-electron chi connectivity index (χ0n) is 30.4. The molecule has 16 heteroatoms. The number of anilines is 2. The van der Waals surface area contributed by atoms with Gasteiger partial charge in [-0.1, -0.05) is 29.8 Å². The van der Waals surface area contributed by atoms with E-state index >= 15 is 0 Å². The Kier molecular flexibility index (Phi) is 12.5. The molecule has 2 aromatic rings. The van der Waals surface area contributed by atoms with Crippen molar-refractivity contribution in [3.8, 4) is 0 Å². The number of hydrogen-bond donors (Lipinski definition) is 2. The molecule has 0 unspecified atom stereocenters. The smallest absolute Gasteiger partial charge is 0.418 e. The lowest BCUT2D eigenvalue weighted by molar-refractivity contribution is -0.144. The summed E-state index contributed by atoms with van der Waals surface area (Å²) in [6, 6.07) is 9.38. The lowest BCUT2D eigenvalue weighted by Gasteiger charge is -2.41. The van der Waals surface area contributed by atoms with E-state index in [1.807, 2.05) is 24.3 Å². The maximum atomic E-state index is 14.1. The standard InChI is InChI=1S/C38H48ClF3N6O6/c1-2-53-33(49)23-45-13-7-25(8-14-45)26-9-15-46(16-10-26)35(50)32(21-24-19-29(38(40,41)42)34(43)30(39)20-24)54-37(52)47-17-11-28(12-18-47)48-22-27-5-3-4-6-31(27)44-36(48)51/h3-6,19-20,25-26,28,32H,2,7-18,21-23,43H2,1H3,(H,44,51)/t32-/m1/s1. The molecule has 294 valence electrons. The van der Waals surface area contributed by atoms with Gasteiger partial charge in [-0.2, -0.15) is 13.2 Å². The largest absolute Gasteiger partial charge is 0.465 e. The number of ether oxygens (including phenoxy) is 2. The third-order valence-electron chi connectivity index (χ3n) is 11.3. The van der Waals surface area contributed by atoms with Gasteiger partial charge in [0.05, 0.1) is 29.4 Å². The molecule has 0 aliphatic carbocycles. The second kappa shape index (κ2) is 17.1. The van der Waals surface area contributed by atoms with Crippen LogP contribution >= 0.6 is 11.6 Å². The summed E-state index contributed by atoms with van der Waals surface area (Å²) in [5.74, 6) is 0.116. The van der Waals surface area contributed by atoms with Crippen LogP contribution in [0.3, 0.4) is 0 Å². The summed E-state index contributed by atoms with van der Waals surface area (Å²) in [4.78, 5) is 59.5. The van der Waals surface area contributed by atoms with Gasteiger partial charge in [0.1, 0.15) is 0 Å². The number of nitrogen functional groups attached to an aromatic ring is 1. The van der Waals surface area contributed by atoms with E-state index in [2.05, 4.69) is 10.2 Å². The van der Waals surface area contributed by atoms with Gasteiger partial charge in [0.15, 0.2) is 6.10 Å². The number of rotatable bonds is 9. The van der Waals surface area contributed by atoms with Crippen molar-refractivity contribution in [3.63, 3.8) is 0 Å². The predicted molar refractivity (Wildman–Crippen MR) is 196 cm³/mol. The predicted octanol–water partition coefficient (Wildman–Crippen LogP) is 6.01. The summed E-state index contributed by atoms with van der Waals surface area (Å²) in [6.45, 7) is 5.83. The van der Waals surface area contributed by atoms with Gasteiger partial charge in [0.2, 0.25) is 0 Å². The number of hydrogen-bond acceptors (Lipinski definition) is 8. The molecule has 4 aliphatic rings. The Balaban J connectivity index is 1.09. The number of fused-ring (bicyclic) bond motifs is 1. The molecule has 54 heavy (non-hydrogen) atoms. The highest BCUT2D eigenvalue weighted by molar-refractivity contribution is 6.33. The van der Waals surface area contributed by atoms with Crippen LogP contribution in [-0.2, 0) is 38.2 Å². The van der Waals surface area contributed by atoms with Gasteiger partial charge in [0, 0.05) is 50.9 Å². The fourth-order valence-electron chi connectivity index (χ4n) is 8.26. The van der Waals surface area contributed by atoms with E-state index in [1.54, 1.807) is 16.7 Å². The minimum Gasteiger partial charge on any atom is -0.465 e. The summed E-state index contributed by atoms with van der Waals surface area (Å²) in [5.41, 5.74) is 5.76. The van der Waals surface area contributed by atoms with E-state index in [4.69, 9.17) is 26.8 Å². The van der Waals surface area contributed by atoms with Crippen LogP contribution in [-0.4, -0.2) is 108 Å². The van der Waals surface area contributed by atoms with Crippen LogP contribution in [0.4, 0.5) is 34.1 Å². The summed E-state index contributed by atoms with van der Waals surface area (Å²) < 4.78 is 52.5. The number of nitrogens with zero attached hydrogens (tertiary/aromatic N) is 4. The first-order valence-electron chi connectivity index (χ1n) is 18.7. The summed E-state index contributed by atoms with van der Waals surface area (Å²) in [7, 11) is 0. The molecular weight excluding hydrogens is 729 g/mol. The third kappa shape index (κ3) is 9.34. The first-order chi connectivity index (χ1) is 25.8. The van der Waals surface area contributed by atoms with Crippen LogP contribution in [0.15, 0.2) is 36.4 Å². The number of urea groups is 1. The monoisotopic (exact) mass is 776 g/mol. The zero-order valence-corrected chi connectivity index (χ0v) is 31.2. The minimum atomic E-state index is -4.78. The van der Waals surface area contributed by atoms with Crippen LogP contribution < -0.4 is 11.1 Å². The highest BCUT2D eigenvalue weighted by atomic mass is 35.5. The molecule has 3 N–H and O–H groups in total. The second-order valence-electron chi connectivity index (χ2n) is 14.6. The van der Waals surface area contributed by atoms with Crippen LogP contribution in [0, 0.1) is 11.8 Å². The Bertz CT molecular complexity index is 1690. The topological polar surface area (TPSA) is 138 Å². The van der Waals surface area contributed by atoms with Crippen LogP contribution in [0.5, 0.6) is 0 Å². The Morgan fingerprint density at radius 2 is 1.57 bits per heavy atom. The molecule has 12 nitrogen and oxygen atoms in total. The molecule has 4 amide bonds. The molecule has 2 aromatic carbocycles. The molecular formula is C38H48ClF3N6O6. The summed E-state index contributed by atoms with van der Waals surface area (Å²) in [5, 5.41) is 2.61. The van der Waals surface area contributed by atoms with E-state index in [9.17, 15) is 32.3 Å². The van der Waals surface area contributed by atoms with Gasteiger partial charge < -0.3 is 35.2 Å². The molecule has 0 radical (unpaired) electrons. The van der Waals surface area contributed by atoms with Crippen molar-refractivity contribution < 1.29 is 41.8 Å². The molecule has 4 aliphatic heterocycles. The number of alkyl halides is 3. The average Bonchev–Trinajstić information content (AvgIpc) is 3.15. The number of benzene rings is 2. The van der Waals surface area contributed by atoms with Crippen molar-refractivity contribution in [2.45, 2.75) is 76.7 Å². The van der Waals surface area contributed by atoms with E-state index < -0.39 is 35.5 Å². The van der Waals surface area contributed by atoms with Gasteiger partial charge in [-0.15, -0.1) is 0 Å². The van der Waals surface area contributed by atoms with Crippen molar-refractivity contribution in [1.82, 2.24) is 19.6 Å². The Morgan fingerprint density at radius 1 is 0.944 bits per heavy atom. The van der Waals surface area contributed by atoms with Crippen molar-refractivity contribution >= 4 is 47.0 Å². The van der Waals surface area contributed by atoms with E-state index in [0.29, 0.717) is 50.9 Å². The molecule has 6 rings (SSSR count). The second-order valence-corrected chi connectivity index (χ2v) is 15.0. The fourth-order valence-corrected chi connectivity index (χ4v) is 8.50.